The molecule has 31 heavy (non-hydrogen) atoms. The zero-order valence-electron chi connectivity index (χ0n) is 17.8. The molecule has 4 heterocycles. The SMILES string of the molecule is CC(C)(C)OC(=O)N1CCN(c2nc3nc(N4CC[C@H](O)C4)c([N+](=O)[O-])cc3o2)CC1. The lowest BCUT2D eigenvalue weighted by Crippen LogP contribution is -2.50. The van der Waals surface area contributed by atoms with E-state index in [9.17, 15) is 20.0 Å². The third kappa shape index (κ3) is 4.48. The summed E-state index contributed by atoms with van der Waals surface area (Å²) in [5.74, 6) is 0.184. The predicted octanol–water partition coefficient (Wildman–Crippen LogP) is 1.76. The molecule has 1 amide bonds. The highest BCUT2D eigenvalue weighted by molar-refractivity contribution is 5.79. The summed E-state index contributed by atoms with van der Waals surface area (Å²) in [5.41, 5.74) is -0.247. The van der Waals surface area contributed by atoms with Gasteiger partial charge in [0, 0.05) is 39.3 Å². The molecule has 12 heteroatoms. The van der Waals surface area contributed by atoms with Crippen LogP contribution in [0, 0.1) is 10.1 Å². The van der Waals surface area contributed by atoms with E-state index in [1.54, 1.807) is 9.80 Å². The highest BCUT2D eigenvalue weighted by Gasteiger charge is 2.31. The third-order valence-corrected chi connectivity index (χ3v) is 5.19. The zero-order chi connectivity index (χ0) is 22.3. The van der Waals surface area contributed by atoms with Gasteiger partial charge >= 0.3 is 11.8 Å². The molecule has 2 saturated heterocycles. The Balaban J connectivity index is 1.52. The van der Waals surface area contributed by atoms with Gasteiger partial charge in [0.1, 0.15) is 5.60 Å². The van der Waals surface area contributed by atoms with E-state index in [-0.39, 0.29) is 35.4 Å². The van der Waals surface area contributed by atoms with E-state index in [1.807, 2.05) is 25.7 Å². The molecule has 0 unspecified atom stereocenters. The molecule has 0 aliphatic carbocycles. The van der Waals surface area contributed by atoms with Gasteiger partial charge in [0.25, 0.3) is 6.01 Å². The molecular formula is C19H26N6O6. The molecule has 2 aliphatic heterocycles. The van der Waals surface area contributed by atoms with E-state index in [0.717, 1.165) is 0 Å². The topological polar surface area (TPSA) is 138 Å². The lowest BCUT2D eigenvalue weighted by molar-refractivity contribution is -0.384. The van der Waals surface area contributed by atoms with E-state index in [2.05, 4.69) is 9.97 Å². The standard InChI is InChI=1S/C19H26N6O6/c1-19(2,3)31-18(27)23-8-6-22(7-9-23)17-21-15-14(30-17)10-13(25(28)29)16(20-15)24-5-4-12(26)11-24/h10,12,26H,4-9,11H2,1-3H3/t12-/m0/s1. The van der Waals surface area contributed by atoms with E-state index in [4.69, 9.17) is 9.15 Å². The molecule has 12 nitrogen and oxygen atoms in total. The highest BCUT2D eigenvalue weighted by atomic mass is 16.6. The van der Waals surface area contributed by atoms with Crippen molar-refractivity contribution in [3.05, 3.63) is 16.2 Å². The fraction of sp³-hybridized carbons (Fsp3) is 0.632. The number of ether oxygens (including phenoxy) is 1. The molecule has 0 spiro atoms. The van der Waals surface area contributed by atoms with Crippen molar-refractivity contribution >= 4 is 34.8 Å². The first-order valence-corrected chi connectivity index (χ1v) is 10.2. The van der Waals surface area contributed by atoms with Crippen LogP contribution in [0.15, 0.2) is 10.5 Å². The third-order valence-electron chi connectivity index (χ3n) is 5.19. The summed E-state index contributed by atoms with van der Waals surface area (Å²) in [5, 5.41) is 21.3. The number of aliphatic hydroxyl groups excluding tert-OH is 1. The summed E-state index contributed by atoms with van der Waals surface area (Å²) in [6.45, 7) is 8.10. The highest BCUT2D eigenvalue weighted by Crippen LogP contribution is 2.33. The van der Waals surface area contributed by atoms with Crippen molar-refractivity contribution in [1.29, 1.82) is 0 Å². The number of nitro groups is 1. The van der Waals surface area contributed by atoms with E-state index in [0.29, 0.717) is 45.2 Å². The molecule has 0 saturated carbocycles. The monoisotopic (exact) mass is 434 g/mol. The van der Waals surface area contributed by atoms with Crippen molar-refractivity contribution in [3.63, 3.8) is 0 Å². The average molecular weight is 434 g/mol. The number of piperazine rings is 1. The Bertz CT molecular complexity index is 994. The van der Waals surface area contributed by atoms with E-state index in [1.165, 1.54) is 6.07 Å². The van der Waals surface area contributed by atoms with Gasteiger partial charge in [-0.25, -0.2) is 9.78 Å². The second-order valence-corrected chi connectivity index (χ2v) is 8.75. The maximum atomic E-state index is 12.2. The van der Waals surface area contributed by atoms with E-state index < -0.39 is 16.6 Å². The first-order valence-electron chi connectivity index (χ1n) is 10.2. The molecule has 1 N–H and O–H groups in total. The van der Waals surface area contributed by atoms with Crippen LogP contribution in [0.4, 0.5) is 22.3 Å². The molecule has 0 aromatic carbocycles. The number of rotatable bonds is 3. The fourth-order valence-corrected chi connectivity index (χ4v) is 3.68. The normalized spacial score (nSPS) is 19.9. The van der Waals surface area contributed by atoms with Crippen molar-refractivity contribution in [2.24, 2.45) is 0 Å². The van der Waals surface area contributed by atoms with Crippen LogP contribution in [0.1, 0.15) is 27.2 Å². The number of carbonyl (C=O) groups excluding carboxylic acids is 1. The van der Waals surface area contributed by atoms with Gasteiger partial charge < -0.3 is 29.0 Å². The Morgan fingerprint density at radius 1 is 1.23 bits per heavy atom. The van der Waals surface area contributed by atoms with Crippen LogP contribution < -0.4 is 9.80 Å². The Morgan fingerprint density at radius 2 is 1.94 bits per heavy atom. The predicted molar refractivity (Wildman–Crippen MR) is 111 cm³/mol. The largest absolute Gasteiger partial charge is 0.444 e. The Morgan fingerprint density at radius 3 is 2.52 bits per heavy atom. The molecule has 2 aliphatic rings. The minimum absolute atomic E-state index is 0.181. The van der Waals surface area contributed by atoms with Crippen LogP contribution in [-0.2, 0) is 4.74 Å². The van der Waals surface area contributed by atoms with Crippen molar-refractivity contribution < 1.29 is 24.0 Å². The molecule has 2 aromatic heterocycles. The van der Waals surface area contributed by atoms with Crippen LogP contribution >= 0.6 is 0 Å². The summed E-state index contributed by atoms with van der Waals surface area (Å²) >= 11 is 0. The number of amides is 1. The summed E-state index contributed by atoms with van der Waals surface area (Å²) in [7, 11) is 0. The average Bonchev–Trinajstić information content (AvgIpc) is 3.31. The van der Waals surface area contributed by atoms with Crippen LogP contribution in [0.5, 0.6) is 0 Å². The molecule has 1 atom stereocenters. The lowest BCUT2D eigenvalue weighted by atomic mass is 10.2. The van der Waals surface area contributed by atoms with E-state index >= 15 is 0 Å². The molecule has 168 valence electrons. The van der Waals surface area contributed by atoms with Gasteiger partial charge in [-0.15, -0.1) is 0 Å². The number of β-amino-alcohol motifs (C(OH)–C–C–N with tert-alkyl or cyclic N) is 1. The summed E-state index contributed by atoms with van der Waals surface area (Å²) in [4.78, 5) is 37.3. The molecule has 2 aromatic rings. The molecule has 4 rings (SSSR count). The molecule has 0 radical (unpaired) electrons. The quantitative estimate of drug-likeness (QED) is 0.561. The van der Waals surface area contributed by atoms with Crippen LogP contribution in [0.25, 0.3) is 11.2 Å². The van der Waals surface area contributed by atoms with Crippen LogP contribution in [0.2, 0.25) is 0 Å². The fourth-order valence-electron chi connectivity index (χ4n) is 3.68. The minimum Gasteiger partial charge on any atom is -0.444 e. The van der Waals surface area contributed by atoms with Gasteiger partial charge in [-0.2, -0.15) is 4.98 Å². The van der Waals surface area contributed by atoms with Gasteiger partial charge in [-0.05, 0) is 27.2 Å². The van der Waals surface area contributed by atoms with Crippen LogP contribution in [-0.4, -0.2) is 82.0 Å². The van der Waals surface area contributed by atoms with Gasteiger partial charge in [0.05, 0.1) is 17.1 Å². The number of oxazole rings is 1. The first kappa shape index (κ1) is 21.1. The number of carbonyl (C=O) groups is 1. The van der Waals surface area contributed by atoms with Gasteiger partial charge in [-0.1, -0.05) is 0 Å². The first-order chi connectivity index (χ1) is 14.6. The lowest BCUT2D eigenvalue weighted by Gasteiger charge is -2.34. The number of aromatic nitrogens is 2. The van der Waals surface area contributed by atoms with Crippen molar-refractivity contribution in [2.75, 3.05) is 49.1 Å². The molecular weight excluding hydrogens is 408 g/mol. The van der Waals surface area contributed by atoms with Gasteiger partial charge in [-0.3, -0.25) is 10.1 Å². The smallest absolute Gasteiger partial charge is 0.410 e. The number of anilines is 2. The number of fused-ring (bicyclic) bond motifs is 1. The second kappa shape index (κ2) is 7.84. The maximum absolute atomic E-state index is 12.2. The number of pyridine rings is 1. The number of hydrogen-bond acceptors (Lipinski definition) is 10. The van der Waals surface area contributed by atoms with Gasteiger partial charge in [0.15, 0.2) is 5.58 Å². The molecule has 0 bridgehead atoms. The number of aliphatic hydroxyl groups is 1. The summed E-state index contributed by atoms with van der Waals surface area (Å²) < 4.78 is 11.2. The van der Waals surface area contributed by atoms with Crippen LogP contribution in [0.3, 0.4) is 0 Å². The minimum atomic E-state index is -0.558. The Labute approximate surface area is 178 Å². The second-order valence-electron chi connectivity index (χ2n) is 8.75. The zero-order valence-corrected chi connectivity index (χ0v) is 17.8. The van der Waals surface area contributed by atoms with Gasteiger partial charge in [0.2, 0.25) is 11.5 Å². The maximum Gasteiger partial charge on any atom is 0.410 e. The summed E-state index contributed by atoms with van der Waals surface area (Å²) in [6.07, 6.45) is -0.367. The Hall–Kier alpha value is -3.15. The summed E-state index contributed by atoms with van der Waals surface area (Å²) in [6, 6.07) is 1.63. The molecule has 2 fully saturated rings. The van der Waals surface area contributed by atoms with Crippen molar-refractivity contribution in [3.8, 4) is 0 Å². The Kier molecular flexibility index (Phi) is 5.33. The number of nitrogens with zero attached hydrogens (tertiary/aromatic N) is 6. The van der Waals surface area contributed by atoms with Crippen molar-refractivity contribution in [2.45, 2.75) is 38.9 Å². The number of hydrogen-bond donors (Lipinski definition) is 1. The van der Waals surface area contributed by atoms with Crippen molar-refractivity contribution in [1.82, 2.24) is 14.9 Å².